The van der Waals surface area contributed by atoms with Crippen LogP contribution in [0, 0.1) is 6.92 Å². The summed E-state index contributed by atoms with van der Waals surface area (Å²) in [6, 6.07) is 6.44. The van der Waals surface area contributed by atoms with Gasteiger partial charge in [-0.05, 0) is 13.0 Å². The molecule has 1 aromatic carbocycles. The van der Waals surface area contributed by atoms with Crippen molar-refractivity contribution in [2.45, 2.75) is 6.92 Å². The summed E-state index contributed by atoms with van der Waals surface area (Å²) < 4.78 is 0. The molecule has 0 atom stereocenters. The smallest absolute Gasteiger partial charge is 0.545 e. The third-order valence-corrected chi connectivity index (χ3v) is 1.95. The fourth-order valence-electron chi connectivity index (χ4n) is 1.28. The van der Waals surface area contributed by atoms with Crippen LogP contribution in [0.15, 0.2) is 30.5 Å². The van der Waals surface area contributed by atoms with Gasteiger partial charge in [-0.1, -0.05) is 18.2 Å². The summed E-state index contributed by atoms with van der Waals surface area (Å²) in [6.45, 7) is 1.78. The van der Waals surface area contributed by atoms with E-state index in [4.69, 9.17) is 0 Å². The number of hydrogen-bond donors (Lipinski definition) is 0. The van der Waals surface area contributed by atoms with Crippen molar-refractivity contribution in [3.05, 3.63) is 41.7 Å². The van der Waals surface area contributed by atoms with Crippen LogP contribution in [-0.4, -0.2) is 21.0 Å². The largest absolute Gasteiger partial charge is 1.00 e. The summed E-state index contributed by atoms with van der Waals surface area (Å²) in [5, 5.41) is 18.8. The second-order valence-corrected chi connectivity index (χ2v) is 3.08. The average Bonchev–Trinajstić information content (AvgIpc) is 2.65. The minimum atomic E-state index is -1.24. The van der Waals surface area contributed by atoms with Gasteiger partial charge in [0, 0.05) is 5.56 Å². The monoisotopic (exact) mass is 225 g/mol. The molecule has 1 aromatic heterocycles. The first-order chi connectivity index (χ1) is 7.18. The molecule has 2 aromatic rings. The molecule has 0 aliphatic rings. The Hall–Kier alpha value is -1.17. The molecule has 0 aliphatic heterocycles. The van der Waals surface area contributed by atoms with Crippen molar-refractivity contribution >= 4 is 5.97 Å². The van der Waals surface area contributed by atoms with Crippen LogP contribution in [0.1, 0.15) is 16.1 Å². The first-order valence-corrected chi connectivity index (χ1v) is 4.38. The second kappa shape index (κ2) is 5.25. The number of benzene rings is 1. The molecular formula is C10H8N3NaO2. The molecule has 1 heterocycles. The summed E-state index contributed by atoms with van der Waals surface area (Å²) in [7, 11) is 0. The number of aromatic nitrogens is 3. The van der Waals surface area contributed by atoms with E-state index in [0.717, 1.165) is 5.69 Å². The maximum Gasteiger partial charge on any atom is 1.00 e. The second-order valence-electron chi connectivity index (χ2n) is 3.08. The van der Waals surface area contributed by atoms with Crippen LogP contribution in [-0.2, 0) is 0 Å². The van der Waals surface area contributed by atoms with Crippen molar-refractivity contribution < 1.29 is 39.5 Å². The van der Waals surface area contributed by atoms with Crippen molar-refractivity contribution in [1.29, 1.82) is 0 Å². The van der Waals surface area contributed by atoms with Gasteiger partial charge in [0.15, 0.2) is 0 Å². The van der Waals surface area contributed by atoms with E-state index in [2.05, 4.69) is 10.2 Å². The van der Waals surface area contributed by atoms with Gasteiger partial charge in [-0.3, -0.25) is 0 Å². The number of aryl methyl sites for hydroxylation is 1. The molecule has 0 saturated heterocycles. The predicted octanol–water partition coefficient (Wildman–Crippen LogP) is -3.06. The Kier molecular flexibility index (Phi) is 4.23. The number of rotatable bonds is 2. The van der Waals surface area contributed by atoms with Crippen molar-refractivity contribution in [3.8, 4) is 5.69 Å². The number of nitrogens with zero attached hydrogens (tertiary/aromatic N) is 3. The molecular weight excluding hydrogens is 217 g/mol. The first kappa shape index (κ1) is 12.9. The van der Waals surface area contributed by atoms with Gasteiger partial charge in [-0.15, -0.1) is 0 Å². The van der Waals surface area contributed by atoms with Crippen molar-refractivity contribution in [2.24, 2.45) is 0 Å². The van der Waals surface area contributed by atoms with Gasteiger partial charge in [0.05, 0.1) is 23.5 Å². The van der Waals surface area contributed by atoms with Crippen LogP contribution in [0.5, 0.6) is 0 Å². The molecule has 0 radical (unpaired) electrons. The molecule has 0 saturated carbocycles. The summed E-state index contributed by atoms with van der Waals surface area (Å²) in [5.41, 5.74) is 1.21. The molecule has 6 heteroatoms. The Labute approximate surface area is 114 Å². The number of carbonyl (C=O) groups is 1. The molecule has 76 valence electrons. The van der Waals surface area contributed by atoms with Crippen molar-refractivity contribution in [3.63, 3.8) is 0 Å². The van der Waals surface area contributed by atoms with E-state index in [1.807, 2.05) is 0 Å². The van der Waals surface area contributed by atoms with E-state index in [0.29, 0.717) is 5.69 Å². The van der Waals surface area contributed by atoms with Gasteiger partial charge in [0.1, 0.15) is 0 Å². The van der Waals surface area contributed by atoms with Crippen LogP contribution in [0.2, 0.25) is 0 Å². The predicted molar refractivity (Wildman–Crippen MR) is 50.4 cm³/mol. The van der Waals surface area contributed by atoms with Crippen LogP contribution in [0.4, 0.5) is 0 Å². The van der Waals surface area contributed by atoms with Gasteiger partial charge in [0.2, 0.25) is 0 Å². The van der Waals surface area contributed by atoms with E-state index in [-0.39, 0.29) is 35.1 Å². The molecule has 0 bridgehead atoms. The number of carboxylic acids is 1. The number of carbonyl (C=O) groups excluding carboxylic acids is 1. The Morgan fingerprint density at radius 1 is 1.38 bits per heavy atom. The summed E-state index contributed by atoms with van der Waals surface area (Å²) in [4.78, 5) is 12.1. The van der Waals surface area contributed by atoms with Crippen molar-refractivity contribution in [2.75, 3.05) is 0 Å². The summed E-state index contributed by atoms with van der Waals surface area (Å²) in [5.74, 6) is -1.24. The number of hydrogen-bond acceptors (Lipinski definition) is 4. The SMILES string of the molecule is Cc1cnn(-c2ccccc2C(=O)[O-])n1.[Na+]. The number of para-hydroxylation sites is 1. The molecule has 2 rings (SSSR count). The Bertz CT molecular complexity index is 510. The third-order valence-electron chi connectivity index (χ3n) is 1.95. The van der Waals surface area contributed by atoms with E-state index in [9.17, 15) is 9.90 Å². The molecule has 0 spiro atoms. The molecule has 0 aliphatic carbocycles. The van der Waals surface area contributed by atoms with Gasteiger partial charge >= 0.3 is 29.6 Å². The number of carboxylic acid groups (broad SMARTS) is 1. The fourth-order valence-corrected chi connectivity index (χ4v) is 1.28. The van der Waals surface area contributed by atoms with E-state index < -0.39 is 5.97 Å². The average molecular weight is 225 g/mol. The van der Waals surface area contributed by atoms with Gasteiger partial charge in [0.25, 0.3) is 0 Å². The maximum atomic E-state index is 10.8. The van der Waals surface area contributed by atoms with Gasteiger partial charge in [-0.2, -0.15) is 15.0 Å². The van der Waals surface area contributed by atoms with Gasteiger partial charge < -0.3 is 9.90 Å². The topological polar surface area (TPSA) is 70.8 Å². The van der Waals surface area contributed by atoms with Crippen molar-refractivity contribution in [1.82, 2.24) is 15.0 Å². The number of aromatic carboxylic acids is 1. The quantitative estimate of drug-likeness (QED) is 0.509. The normalized spacial score (nSPS) is 9.56. The molecule has 5 nitrogen and oxygen atoms in total. The molecule has 0 fully saturated rings. The molecule has 16 heavy (non-hydrogen) atoms. The zero-order valence-electron chi connectivity index (χ0n) is 9.04. The van der Waals surface area contributed by atoms with E-state index in [1.54, 1.807) is 31.3 Å². The molecule has 0 N–H and O–H groups in total. The zero-order valence-corrected chi connectivity index (χ0v) is 11.0. The summed E-state index contributed by atoms with van der Waals surface area (Å²) in [6.07, 6.45) is 1.56. The molecule has 0 unspecified atom stereocenters. The van der Waals surface area contributed by atoms with Gasteiger partial charge in [-0.25, -0.2) is 0 Å². The standard InChI is InChI=1S/C10H9N3O2.Na/c1-7-6-11-13(12-7)9-5-3-2-4-8(9)10(14)15;/h2-6H,1H3,(H,14,15);/q;+1/p-1. The van der Waals surface area contributed by atoms with Crippen LogP contribution >= 0.6 is 0 Å². The fraction of sp³-hybridized carbons (Fsp3) is 0.100. The summed E-state index contributed by atoms with van der Waals surface area (Å²) >= 11 is 0. The van der Waals surface area contributed by atoms with E-state index >= 15 is 0 Å². The van der Waals surface area contributed by atoms with Crippen LogP contribution in [0.3, 0.4) is 0 Å². The van der Waals surface area contributed by atoms with E-state index in [1.165, 1.54) is 10.9 Å². The Morgan fingerprint density at radius 2 is 2.06 bits per heavy atom. The third kappa shape index (κ3) is 2.49. The minimum Gasteiger partial charge on any atom is -0.545 e. The maximum absolute atomic E-state index is 10.8. The minimum absolute atomic E-state index is 0. The Balaban J connectivity index is 0.00000128. The zero-order chi connectivity index (χ0) is 10.8. The first-order valence-electron chi connectivity index (χ1n) is 4.38. The van der Waals surface area contributed by atoms with Crippen LogP contribution in [0.25, 0.3) is 5.69 Å². The van der Waals surface area contributed by atoms with Crippen LogP contribution < -0.4 is 34.7 Å². The molecule has 0 amide bonds. The Morgan fingerprint density at radius 3 is 2.62 bits per heavy atom.